The molecule has 1 aliphatic rings. The maximum atomic E-state index is 12.4. The molecular weight excluding hydrogens is 353 g/mol. The molecule has 2 aromatic carbocycles. The van der Waals surface area contributed by atoms with E-state index in [1.165, 1.54) is 19.2 Å². The van der Waals surface area contributed by atoms with Gasteiger partial charge in [0.15, 0.2) is 0 Å². The number of carbonyl (C=O) groups excluding carboxylic acids is 3. The van der Waals surface area contributed by atoms with E-state index in [0.29, 0.717) is 11.1 Å². The lowest BCUT2D eigenvalue weighted by Crippen LogP contribution is -2.29. The predicted octanol–water partition coefficient (Wildman–Crippen LogP) is 3.58. The Hall–Kier alpha value is -2.37. The van der Waals surface area contributed by atoms with E-state index in [1.807, 2.05) is 0 Å². The van der Waals surface area contributed by atoms with Crippen LogP contribution in [0, 0.1) is 0 Å². The van der Waals surface area contributed by atoms with Gasteiger partial charge in [0.2, 0.25) is 0 Å². The van der Waals surface area contributed by atoms with Gasteiger partial charge in [-0.1, -0.05) is 35.3 Å². The fraction of sp³-hybridized carbons (Fsp3) is 0.118. The molecule has 2 aromatic rings. The van der Waals surface area contributed by atoms with E-state index in [4.69, 9.17) is 23.2 Å². The van der Waals surface area contributed by atoms with Crippen molar-refractivity contribution in [3.63, 3.8) is 0 Å². The molecule has 3 rings (SSSR count). The van der Waals surface area contributed by atoms with Crippen LogP contribution in [0.3, 0.4) is 0 Å². The fourth-order valence-electron chi connectivity index (χ4n) is 2.47. The highest BCUT2D eigenvalue weighted by molar-refractivity contribution is 6.43. The second kappa shape index (κ2) is 6.26. The maximum Gasteiger partial charge on any atom is 0.337 e. The summed E-state index contributed by atoms with van der Waals surface area (Å²) < 4.78 is 4.63. The summed E-state index contributed by atoms with van der Waals surface area (Å²) >= 11 is 11.8. The highest BCUT2D eigenvalue weighted by Gasteiger charge is 2.36. The van der Waals surface area contributed by atoms with Crippen LogP contribution in [0.2, 0.25) is 10.0 Å². The van der Waals surface area contributed by atoms with Crippen LogP contribution < -0.4 is 0 Å². The number of esters is 1. The minimum absolute atomic E-state index is 0.0863. The summed E-state index contributed by atoms with van der Waals surface area (Å²) in [6.45, 7) is 0.0863. The lowest BCUT2D eigenvalue weighted by molar-refractivity contribution is 0.0596. The number of ether oxygens (including phenoxy) is 1. The number of hydrogen-bond donors (Lipinski definition) is 0. The third kappa shape index (κ3) is 2.77. The zero-order valence-electron chi connectivity index (χ0n) is 12.5. The van der Waals surface area contributed by atoms with Gasteiger partial charge < -0.3 is 4.74 Å². The Morgan fingerprint density at radius 2 is 1.50 bits per heavy atom. The van der Waals surface area contributed by atoms with Gasteiger partial charge in [0.05, 0.1) is 40.4 Å². The molecule has 0 fully saturated rings. The standard InChI is InChI=1S/C17H11Cl2NO4/c1-24-17(23)10-4-2-9(3-5-10)8-20-15(21)11-6-13(18)14(19)7-12(11)16(20)22/h2-7H,8H2,1H3. The molecule has 0 spiro atoms. The molecule has 2 amide bonds. The topological polar surface area (TPSA) is 63.7 Å². The average molecular weight is 364 g/mol. The van der Waals surface area contributed by atoms with Crippen molar-refractivity contribution in [2.24, 2.45) is 0 Å². The molecule has 0 unspecified atom stereocenters. The number of fused-ring (bicyclic) bond motifs is 1. The highest BCUT2D eigenvalue weighted by atomic mass is 35.5. The van der Waals surface area contributed by atoms with E-state index in [0.717, 1.165) is 4.90 Å². The summed E-state index contributed by atoms with van der Waals surface area (Å²) in [5.41, 5.74) is 1.57. The van der Waals surface area contributed by atoms with Crippen LogP contribution in [0.1, 0.15) is 36.6 Å². The number of rotatable bonds is 3. The lowest BCUT2D eigenvalue weighted by Gasteiger charge is -2.14. The Morgan fingerprint density at radius 1 is 1.00 bits per heavy atom. The second-order valence-corrected chi connectivity index (χ2v) is 6.01. The van der Waals surface area contributed by atoms with Gasteiger partial charge in [-0.15, -0.1) is 0 Å². The van der Waals surface area contributed by atoms with Gasteiger partial charge in [-0.3, -0.25) is 14.5 Å². The van der Waals surface area contributed by atoms with Crippen molar-refractivity contribution >= 4 is 41.0 Å². The van der Waals surface area contributed by atoms with E-state index in [-0.39, 0.29) is 27.7 Å². The van der Waals surface area contributed by atoms with Crippen molar-refractivity contribution in [3.05, 3.63) is 68.7 Å². The van der Waals surface area contributed by atoms with Crippen LogP contribution in [-0.4, -0.2) is 29.8 Å². The first-order chi connectivity index (χ1) is 11.4. The van der Waals surface area contributed by atoms with Gasteiger partial charge in [0, 0.05) is 0 Å². The number of methoxy groups -OCH3 is 1. The Bertz CT molecular complexity index is 821. The number of nitrogens with zero attached hydrogens (tertiary/aromatic N) is 1. The monoisotopic (exact) mass is 363 g/mol. The molecule has 0 N–H and O–H groups in total. The van der Waals surface area contributed by atoms with Crippen LogP contribution in [0.4, 0.5) is 0 Å². The normalized spacial score (nSPS) is 13.2. The summed E-state index contributed by atoms with van der Waals surface area (Å²) in [6.07, 6.45) is 0. The largest absolute Gasteiger partial charge is 0.465 e. The summed E-state index contributed by atoms with van der Waals surface area (Å²) in [5.74, 6) is -1.30. The molecule has 0 saturated heterocycles. The Balaban J connectivity index is 1.85. The van der Waals surface area contributed by atoms with Gasteiger partial charge in [-0.05, 0) is 29.8 Å². The van der Waals surface area contributed by atoms with Crippen LogP contribution >= 0.6 is 23.2 Å². The van der Waals surface area contributed by atoms with Crippen LogP contribution in [0.5, 0.6) is 0 Å². The van der Waals surface area contributed by atoms with E-state index in [2.05, 4.69) is 4.74 Å². The first-order valence-electron chi connectivity index (χ1n) is 6.95. The Morgan fingerprint density at radius 3 is 1.96 bits per heavy atom. The van der Waals surface area contributed by atoms with Crippen molar-refractivity contribution in [1.29, 1.82) is 0 Å². The molecule has 0 aliphatic carbocycles. The predicted molar refractivity (Wildman–Crippen MR) is 88.4 cm³/mol. The first-order valence-corrected chi connectivity index (χ1v) is 7.70. The van der Waals surface area contributed by atoms with Crippen LogP contribution in [0.15, 0.2) is 36.4 Å². The van der Waals surface area contributed by atoms with Crippen molar-refractivity contribution < 1.29 is 19.1 Å². The quantitative estimate of drug-likeness (QED) is 0.617. The molecular formula is C17H11Cl2NO4. The summed E-state index contributed by atoms with van der Waals surface area (Å²) in [4.78, 5) is 37.4. The highest BCUT2D eigenvalue weighted by Crippen LogP contribution is 2.32. The summed E-state index contributed by atoms with van der Waals surface area (Å²) in [6, 6.07) is 9.28. The van der Waals surface area contributed by atoms with Crippen molar-refractivity contribution in [1.82, 2.24) is 4.90 Å². The number of benzene rings is 2. The Labute approximate surface area is 147 Å². The van der Waals surface area contributed by atoms with Crippen molar-refractivity contribution in [3.8, 4) is 0 Å². The lowest BCUT2D eigenvalue weighted by atomic mass is 10.1. The molecule has 1 heterocycles. The fourth-order valence-corrected chi connectivity index (χ4v) is 2.80. The van der Waals surface area contributed by atoms with Crippen molar-refractivity contribution in [2.45, 2.75) is 6.54 Å². The second-order valence-electron chi connectivity index (χ2n) is 5.20. The Kier molecular flexibility index (Phi) is 4.30. The van der Waals surface area contributed by atoms with Gasteiger partial charge in [-0.2, -0.15) is 0 Å². The number of halogens is 2. The maximum absolute atomic E-state index is 12.4. The SMILES string of the molecule is COC(=O)c1ccc(CN2C(=O)c3cc(Cl)c(Cl)cc3C2=O)cc1. The van der Waals surface area contributed by atoms with Gasteiger partial charge in [0.25, 0.3) is 11.8 Å². The minimum Gasteiger partial charge on any atom is -0.465 e. The smallest absolute Gasteiger partial charge is 0.337 e. The molecule has 0 aromatic heterocycles. The number of imide groups is 1. The third-order valence-electron chi connectivity index (χ3n) is 3.73. The summed E-state index contributed by atoms with van der Waals surface area (Å²) in [5, 5.41) is 0.446. The average Bonchev–Trinajstić information content (AvgIpc) is 2.80. The summed E-state index contributed by atoms with van der Waals surface area (Å²) in [7, 11) is 1.30. The molecule has 5 nitrogen and oxygen atoms in total. The molecule has 24 heavy (non-hydrogen) atoms. The number of hydrogen-bond acceptors (Lipinski definition) is 4. The van der Waals surface area contributed by atoms with Gasteiger partial charge in [-0.25, -0.2) is 4.79 Å². The first kappa shape index (κ1) is 16.5. The van der Waals surface area contributed by atoms with E-state index < -0.39 is 17.8 Å². The minimum atomic E-state index is -0.452. The van der Waals surface area contributed by atoms with Crippen LogP contribution in [0.25, 0.3) is 0 Å². The van der Waals surface area contributed by atoms with E-state index in [1.54, 1.807) is 24.3 Å². The van der Waals surface area contributed by atoms with Gasteiger partial charge in [0.1, 0.15) is 0 Å². The number of amides is 2. The third-order valence-corrected chi connectivity index (χ3v) is 4.45. The zero-order valence-corrected chi connectivity index (χ0v) is 14.0. The van der Waals surface area contributed by atoms with Crippen LogP contribution in [-0.2, 0) is 11.3 Å². The van der Waals surface area contributed by atoms with E-state index in [9.17, 15) is 14.4 Å². The van der Waals surface area contributed by atoms with E-state index >= 15 is 0 Å². The number of carbonyl (C=O) groups is 3. The van der Waals surface area contributed by atoms with Crippen molar-refractivity contribution in [2.75, 3.05) is 7.11 Å². The molecule has 0 bridgehead atoms. The zero-order chi connectivity index (χ0) is 17.4. The molecule has 0 atom stereocenters. The molecule has 0 radical (unpaired) electrons. The molecule has 1 aliphatic heterocycles. The molecule has 7 heteroatoms. The molecule has 122 valence electrons. The molecule has 0 saturated carbocycles. The van der Waals surface area contributed by atoms with Gasteiger partial charge >= 0.3 is 5.97 Å².